The summed E-state index contributed by atoms with van der Waals surface area (Å²) >= 11 is 1.68. The average molecular weight is 292 g/mol. The fourth-order valence-electron chi connectivity index (χ4n) is 1.92. The Hall–Kier alpha value is -1.33. The number of aromatic nitrogens is 2. The van der Waals surface area contributed by atoms with Crippen LogP contribution in [-0.4, -0.2) is 21.4 Å². The lowest BCUT2D eigenvalue weighted by molar-refractivity contribution is 0.151. The van der Waals surface area contributed by atoms with Crippen LogP contribution in [0, 0.1) is 6.92 Å². The van der Waals surface area contributed by atoms with E-state index in [1.165, 1.54) is 10.5 Å². The summed E-state index contributed by atoms with van der Waals surface area (Å²) in [5.41, 5.74) is 1.24. The summed E-state index contributed by atoms with van der Waals surface area (Å²) in [6.45, 7) is 4.12. The maximum atomic E-state index is 9.72. The molecule has 0 saturated heterocycles. The summed E-state index contributed by atoms with van der Waals surface area (Å²) in [5.74, 6) is 1.87. The number of rotatable bonds is 7. The molecule has 2 rings (SSSR count). The molecule has 5 heteroatoms. The topological polar surface area (TPSA) is 59.2 Å². The number of aliphatic hydroxyl groups is 1. The minimum Gasteiger partial charge on any atom is -0.393 e. The molecule has 0 fully saturated rings. The SMILES string of the molecule is CCCC(O)Cc1nc(CSc2cccc(C)c2)no1. The highest BCUT2D eigenvalue weighted by Crippen LogP contribution is 2.22. The number of aliphatic hydroxyl groups excluding tert-OH is 1. The van der Waals surface area contributed by atoms with Crippen LogP contribution < -0.4 is 0 Å². The van der Waals surface area contributed by atoms with Gasteiger partial charge in [0.25, 0.3) is 0 Å². The molecule has 1 aromatic heterocycles. The van der Waals surface area contributed by atoms with Crippen LogP contribution in [0.2, 0.25) is 0 Å². The second kappa shape index (κ2) is 7.45. The van der Waals surface area contributed by atoms with Crippen LogP contribution in [-0.2, 0) is 12.2 Å². The number of benzene rings is 1. The van der Waals surface area contributed by atoms with Crippen molar-refractivity contribution in [1.82, 2.24) is 10.1 Å². The molecule has 1 heterocycles. The van der Waals surface area contributed by atoms with Crippen LogP contribution in [0.4, 0.5) is 0 Å². The zero-order valence-corrected chi connectivity index (χ0v) is 12.7. The lowest BCUT2D eigenvalue weighted by Gasteiger charge is -2.03. The molecule has 1 unspecified atom stereocenters. The fourth-order valence-corrected chi connectivity index (χ4v) is 2.78. The van der Waals surface area contributed by atoms with Crippen molar-refractivity contribution in [3.8, 4) is 0 Å². The molecule has 2 aromatic rings. The summed E-state index contributed by atoms with van der Waals surface area (Å²) < 4.78 is 5.16. The van der Waals surface area contributed by atoms with E-state index in [1.807, 2.05) is 13.0 Å². The zero-order valence-electron chi connectivity index (χ0n) is 11.9. The lowest BCUT2D eigenvalue weighted by atomic mass is 10.1. The molecular weight excluding hydrogens is 272 g/mol. The van der Waals surface area contributed by atoms with Gasteiger partial charge in [0.05, 0.1) is 18.3 Å². The molecular formula is C15H20N2O2S. The van der Waals surface area contributed by atoms with Gasteiger partial charge in [-0.25, -0.2) is 0 Å². The van der Waals surface area contributed by atoms with Crippen molar-refractivity contribution in [3.05, 3.63) is 41.5 Å². The van der Waals surface area contributed by atoms with Crippen molar-refractivity contribution in [2.75, 3.05) is 0 Å². The monoisotopic (exact) mass is 292 g/mol. The number of nitrogens with zero attached hydrogens (tertiary/aromatic N) is 2. The summed E-state index contributed by atoms with van der Waals surface area (Å²) in [6.07, 6.45) is 1.76. The van der Waals surface area contributed by atoms with Gasteiger partial charge in [0, 0.05) is 4.90 Å². The van der Waals surface area contributed by atoms with Gasteiger partial charge < -0.3 is 9.63 Å². The molecule has 1 aromatic carbocycles. The summed E-state index contributed by atoms with van der Waals surface area (Å²) in [4.78, 5) is 5.51. The number of aryl methyl sites for hydroxylation is 1. The average Bonchev–Trinajstić information content (AvgIpc) is 2.84. The van der Waals surface area contributed by atoms with Gasteiger partial charge in [-0.2, -0.15) is 4.98 Å². The Labute approximate surface area is 123 Å². The molecule has 0 aliphatic heterocycles. The predicted octanol–water partition coefficient (Wildman–Crippen LogP) is 3.37. The van der Waals surface area contributed by atoms with E-state index in [0.29, 0.717) is 23.9 Å². The predicted molar refractivity (Wildman–Crippen MR) is 79.7 cm³/mol. The molecule has 1 N–H and O–H groups in total. The van der Waals surface area contributed by atoms with E-state index in [4.69, 9.17) is 4.52 Å². The molecule has 1 atom stereocenters. The Morgan fingerprint density at radius 1 is 1.40 bits per heavy atom. The number of thioether (sulfide) groups is 1. The Balaban J connectivity index is 1.86. The molecule has 0 saturated carbocycles. The lowest BCUT2D eigenvalue weighted by Crippen LogP contribution is -2.09. The molecule has 20 heavy (non-hydrogen) atoms. The highest BCUT2D eigenvalue weighted by molar-refractivity contribution is 7.98. The van der Waals surface area contributed by atoms with Gasteiger partial charge >= 0.3 is 0 Å². The minimum absolute atomic E-state index is 0.391. The van der Waals surface area contributed by atoms with Gasteiger partial charge in [0.15, 0.2) is 5.82 Å². The fraction of sp³-hybridized carbons (Fsp3) is 0.467. The van der Waals surface area contributed by atoms with Crippen LogP contribution in [0.5, 0.6) is 0 Å². The largest absolute Gasteiger partial charge is 0.393 e. The third kappa shape index (κ3) is 4.65. The Bertz CT molecular complexity index is 542. The van der Waals surface area contributed by atoms with Gasteiger partial charge in [-0.3, -0.25) is 0 Å². The maximum Gasteiger partial charge on any atom is 0.229 e. The van der Waals surface area contributed by atoms with E-state index < -0.39 is 6.10 Å². The van der Waals surface area contributed by atoms with Crippen molar-refractivity contribution in [1.29, 1.82) is 0 Å². The first-order valence-electron chi connectivity index (χ1n) is 6.86. The van der Waals surface area contributed by atoms with Crippen LogP contribution >= 0.6 is 11.8 Å². The van der Waals surface area contributed by atoms with Crippen molar-refractivity contribution < 1.29 is 9.63 Å². The molecule has 0 spiro atoms. The van der Waals surface area contributed by atoms with Gasteiger partial charge in [-0.15, -0.1) is 11.8 Å². The van der Waals surface area contributed by atoms with Crippen LogP contribution in [0.15, 0.2) is 33.7 Å². The third-order valence-corrected chi connectivity index (χ3v) is 3.89. The molecule has 0 aliphatic rings. The summed E-state index contributed by atoms with van der Waals surface area (Å²) in [5, 5.41) is 13.7. The minimum atomic E-state index is -0.391. The van der Waals surface area contributed by atoms with E-state index in [-0.39, 0.29) is 0 Å². The smallest absolute Gasteiger partial charge is 0.229 e. The van der Waals surface area contributed by atoms with E-state index in [0.717, 1.165) is 12.8 Å². The summed E-state index contributed by atoms with van der Waals surface area (Å²) in [7, 11) is 0. The molecule has 108 valence electrons. The Morgan fingerprint density at radius 2 is 2.25 bits per heavy atom. The van der Waals surface area contributed by atoms with Crippen LogP contribution in [0.1, 0.15) is 37.0 Å². The third-order valence-electron chi connectivity index (χ3n) is 2.90. The van der Waals surface area contributed by atoms with Crippen LogP contribution in [0.3, 0.4) is 0 Å². The Kier molecular flexibility index (Phi) is 5.61. The van der Waals surface area contributed by atoms with Crippen molar-refractivity contribution in [2.45, 2.75) is 49.9 Å². The first-order valence-corrected chi connectivity index (χ1v) is 7.85. The Morgan fingerprint density at radius 3 is 3.00 bits per heavy atom. The zero-order chi connectivity index (χ0) is 14.4. The van der Waals surface area contributed by atoms with Gasteiger partial charge in [-0.1, -0.05) is 36.2 Å². The second-order valence-electron chi connectivity index (χ2n) is 4.86. The number of hydrogen-bond donors (Lipinski definition) is 1. The van der Waals surface area contributed by atoms with E-state index in [9.17, 15) is 5.11 Å². The normalized spacial score (nSPS) is 12.6. The second-order valence-corrected chi connectivity index (χ2v) is 5.90. The van der Waals surface area contributed by atoms with Crippen molar-refractivity contribution >= 4 is 11.8 Å². The van der Waals surface area contributed by atoms with E-state index >= 15 is 0 Å². The van der Waals surface area contributed by atoms with E-state index in [2.05, 4.69) is 35.3 Å². The molecule has 4 nitrogen and oxygen atoms in total. The molecule has 0 bridgehead atoms. The van der Waals surface area contributed by atoms with E-state index in [1.54, 1.807) is 11.8 Å². The maximum absolute atomic E-state index is 9.72. The summed E-state index contributed by atoms with van der Waals surface area (Å²) in [6, 6.07) is 8.33. The molecule has 0 amide bonds. The standard InChI is InChI=1S/C15H20N2O2S/c1-3-5-12(18)9-15-16-14(17-19-15)10-20-13-7-4-6-11(2)8-13/h4,6-8,12,18H,3,5,9-10H2,1-2H3. The highest BCUT2D eigenvalue weighted by Gasteiger charge is 2.11. The highest BCUT2D eigenvalue weighted by atomic mass is 32.2. The van der Waals surface area contributed by atoms with Gasteiger partial charge in [-0.05, 0) is 25.5 Å². The van der Waals surface area contributed by atoms with Crippen LogP contribution in [0.25, 0.3) is 0 Å². The van der Waals surface area contributed by atoms with Gasteiger partial charge in [0.1, 0.15) is 0 Å². The van der Waals surface area contributed by atoms with Crippen molar-refractivity contribution in [2.24, 2.45) is 0 Å². The van der Waals surface area contributed by atoms with Crippen molar-refractivity contribution in [3.63, 3.8) is 0 Å². The molecule has 0 aliphatic carbocycles. The molecule has 0 radical (unpaired) electrons. The van der Waals surface area contributed by atoms with Gasteiger partial charge in [0.2, 0.25) is 5.89 Å². The number of hydrogen-bond acceptors (Lipinski definition) is 5. The first kappa shape index (κ1) is 15.1. The first-order chi connectivity index (χ1) is 9.67. The quantitative estimate of drug-likeness (QED) is 0.793.